The average molecular weight is 431 g/mol. The van der Waals surface area contributed by atoms with Crippen LogP contribution in [0.4, 0.5) is 13.2 Å². The molecule has 1 aliphatic rings. The van der Waals surface area contributed by atoms with Gasteiger partial charge < -0.3 is 15.0 Å². The fourth-order valence-corrected chi connectivity index (χ4v) is 3.38. The molecule has 1 saturated heterocycles. The Morgan fingerprint density at radius 3 is 2.74 bits per heavy atom. The Bertz CT molecular complexity index is 1040. The van der Waals surface area contributed by atoms with Crippen LogP contribution in [0.1, 0.15) is 17.4 Å². The third kappa shape index (κ3) is 4.85. The molecule has 0 saturated carbocycles. The van der Waals surface area contributed by atoms with Crippen molar-refractivity contribution in [3.05, 3.63) is 66.0 Å². The van der Waals surface area contributed by atoms with Crippen molar-refractivity contribution in [2.24, 2.45) is 0 Å². The lowest BCUT2D eigenvalue weighted by Gasteiger charge is -2.34. The molecule has 1 amide bonds. The molecule has 0 aliphatic carbocycles. The highest BCUT2D eigenvalue weighted by atomic mass is 19.4. The maximum atomic E-state index is 13.0. The van der Waals surface area contributed by atoms with E-state index in [-0.39, 0.29) is 23.9 Å². The van der Waals surface area contributed by atoms with Gasteiger partial charge in [-0.15, -0.1) is 0 Å². The molecule has 0 spiro atoms. The van der Waals surface area contributed by atoms with E-state index in [0.29, 0.717) is 31.2 Å². The van der Waals surface area contributed by atoms with Crippen molar-refractivity contribution in [2.75, 3.05) is 26.2 Å². The first kappa shape index (κ1) is 20.9. The largest absolute Gasteiger partial charge is 0.484 e. The Kier molecular flexibility index (Phi) is 5.90. The van der Waals surface area contributed by atoms with Crippen LogP contribution >= 0.6 is 0 Å². The minimum absolute atomic E-state index is 0.130. The van der Waals surface area contributed by atoms with Gasteiger partial charge in [-0.3, -0.25) is 9.89 Å². The second-order valence-corrected chi connectivity index (χ2v) is 7.03. The van der Waals surface area contributed by atoms with Crippen LogP contribution in [0.3, 0.4) is 0 Å². The second kappa shape index (κ2) is 8.76. The number of piperazine rings is 1. The summed E-state index contributed by atoms with van der Waals surface area (Å²) in [4.78, 5) is 18.8. The number of aromatic nitrogens is 3. The minimum atomic E-state index is -4.45. The molecule has 162 valence electrons. The third-order valence-corrected chi connectivity index (χ3v) is 4.94. The van der Waals surface area contributed by atoms with E-state index in [1.165, 1.54) is 12.1 Å². The van der Waals surface area contributed by atoms with Crippen LogP contribution in [-0.2, 0) is 11.0 Å². The molecule has 1 aromatic heterocycles. The van der Waals surface area contributed by atoms with Crippen molar-refractivity contribution in [2.45, 2.75) is 12.2 Å². The maximum absolute atomic E-state index is 13.0. The van der Waals surface area contributed by atoms with Crippen LogP contribution in [0.5, 0.6) is 5.75 Å². The van der Waals surface area contributed by atoms with Crippen LogP contribution in [-0.4, -0.2) is 52.2 Å². The lowest BCUT2D eigenvalue weighted by atomic mass is 10.1. The predicted molar refractivity (Wildman–Crippen MR) is 106 cm³/mol. The van der Waals surface area contributed by atoms with Gasteiger partial charge in [-0.2, -0.15) is 18.3 Å². The summed E-state index contributed by atoms with van der Waals surface area (Å²) in [6.07, 6.45) is -4.45. The molecular weight excluding hydrogens is 411 g/mol. The summed E-state index contributed by atoms with van der Waals surface area (Å²) in [5, 5.41) is 10.0. The summed E-state index contributed by atoms with van der Waals surface area (Å²) in [5.74, 6) is 0.911. The molecule has 2 N–H and O–H groups in total. The molecule has 4 rings (SSSR count). The normalized spacial score (nSPS) is 16.9. The number of carbonyl (C=O) groups excluding carboxylic acids is 1. The number of aromatic amines is 1. The molecule has 1 fully saturated rings. The van der Waals surface area contributed by atoms with Crippen molar-refractivity contribution in [3.63, 3.8) is 0 Å². The fraction of sp³-hybridized carbons (Fsp3) is 0.286. The topological polar surface area (TPSA) is 83.1 Å². The van der Waals surface area contributed by atoms with E-state index in [4.69, 9.17) is 4.74 Å². The number of ether oxygens (including phenoxy) is 1. The number of benzene rings is 2. The SMILES string of the molecule is O=C(COc1ccccc1)N1CCNCC1c1nc(-c2cccc(C(F)(F)F)c2)n[nH]1. The number of halogens is 3. The summed E-state index contributed by atoms with van der Waals surface area (Å²) in [6, 6.07) is 13.4. The second-order valence-electron chi connectivity index (χ2n) is 7.03. The molecule has 1 unspecified atom stereocenters. The first-order valence-electron chi connectivity index (χ1n) is 9.70. The zero-order chi connectivity index (χ0) is 21.8. The molecule has 0 bridgehead atoms. The zero-order valence-electron chi connectivity index (χ0n) is 16.4. The number of alkyl halides is 3. The van der Waals surface area contributed by atoms with Crippen LogP contribution in [0, 0.1) is 0 Å². The molecule has 1 atom stereocenters. The monoisotopic (exact) mass is 431 g/mol. The van der Waals surface area contributed by atoms with E-state index >= 15 is 0 Å². The average Bonchev–Trinajstić information content (AvgIpc) is 3.28. The highest BCUT2D eigenvalue weighted by Crippen LogP contribution is 2.31. The molecule has 0 radical (unpaired) electrons. The van der Waals surface area contributed by atoms with Crippen molar-refractivity contribution in [1.29, 1.82) is 0 Å². The smallest absolute Gasteiger partial charge is 0.416 e. The number of carbonyl (C=O) groups is 1. The molecule has 31 heavy (non-hydrogen) atoms. The maximum Gasteiger partial charge on any atom is 0.416 e. The van der Waals surface area contributed by atoms with E-state index in [1.807, 2.05) is 18.2 Å². The van der Waals surface area contributed by atoms with Gasteiger partial charge in [0.1, 0.15) is 17.6 Å². The lowest BCUT2D eigenvalue weighted by molar-refractivity contribution is -0.138. The molecule has 10 heteroatoms. The summed E-state index contributed by atoms with van der Waals surface area (Å²) in [7, 11) is 0. The van der Waals surface area contributed by atoms with Crippen molar-refractivity contribution in [1.82, 2.24) is 25.4 Å². The summed E-state index contributed by atoms with van der Waals surface area (Å²) < 4.78 is 44.6. The zero-order valence-corrected chi connectivity index (χ0v) is 16.4. The van der Waals surface area contributed by atoms with Gasteiger partial charge in [0.15, 0.2) is 12.4 Å². The summed E-state index contributed by atoms with van der Waals surface area (Å²) in [6.45, 7) is 1.37. The third-order valence-electron chi connectivity index (χ3n) is 4.94. The molecule has 2 aromatic carbocycles. The first-order valence-corrected chi connectivity index (χ1v) is 9.70. The Balaban J connectivity index is 1.50. The Morgan fingerprint density at radius 1 is 1.16 bits per heavy atom. The highest BCUT2D eigenvalue weighted by molar-refractivity contribution is 5.78. The highest BCUT2D eigenvalue weighted by Gasteiger charge is 2.32. The molecule has 1 aliphatic heterocycles. The molecule has 7 nitrogen and oxygen atoms in total. The van der Waals surface area contributed by atoms with Crippen LogP contribution in [0.2, 0.25) is 0 Å². The Morgan fingerprint density at radius 2 is 1.97 bits per heavy atom. The Hall–Kier alpha value is -3.40. The molecular formula is C21H20F3N5O2. The van der Waals surface area contributed by atoms with E-state index in [2.05, 4.69) is 20.5 Å². The quantitative estimate of drug-likeness (QED) is 0.649. The van der Waals surface area contributed by atoms with Crippen molar-refractivity contribution >= 4 is 5.91 Å². The minimum Gasteiger partial charge on any atom is -0.484 e. The number of hydrogen-bond acceptors (Lipinski definition) is 5. The standard InChI is InChI=1S/C21H20F3N5O2/c22-21(23,24)15-6-4-5-14(11-15)19-26-20(28-27-19)17-12-25-9-10-29(17)18(30)13-31-16-7-2-1-3-8-16/h1-8,11,17,25H,9-10,12-13H2,(H,26,27,28). The number of nitrogens with one attached hydrogen (secondary N) is 2. The van der Waals surface area contributed by atoms with E-state index in [0.717, 1.165) is 12.1 Å². The van der Waals surface area contributed by atoms with Crippen molar-refractivity contribution in [3.8, 4) is 17.1 Å². The van der Waals surface area contributed by atoms with E-state index < -0.39 is 17.8 Å². The lowest BCUT2D eigenvalue weighted by Crippen LogP contribution is -2.50. The fourth-order valence-electron chi connectivity index (χ4n) is 3.38. The van der Waals surface area contributed by atoms with Gasteiger partial charge in [-0.05, 0) is 24.3 Å². The number of H-pyrrole nitrogens is 1. The van der Waals surface area contributed by atoms with Gasteiger partial charge in [0.25, 0.3) is 5.91 Å². The number of para-hydroxylation sites is 1. The summed E-state index contributed by atoms with van der Waals surface area (Å²) in [5.41, 5.74) is -0.531. The Labute approximate surface area is 176 Å². The number of amides is 1. The predicted octanol–water partition coefficient (Wildman–Crippen LogP) is 3.04. The van der Waals surface area contributed by atoms with Gasteiger partial charge >= 0.3 is 6.18 Å². The number of rotatable bonds is 5. The number of nitrogens with zero attached hydrogens (tertiary/aromatic N) is 3. The van der Waals surface area contributed by atoms with Crippen LogP contribution < -0.4 is 10.1 Å². The van der Waals surface area contributed by atoms with Crippen LogP contribution in [0.15, 0.2) is 54.6 Å². The van der Waals surface area contributed by atoms with Gasteiger partial charge in [-0.25, -0.2) is 4.98 Å². The van der Waals surface area contributed by atoms with E-state index in [9.17, 15) is 18.0 Å². The molecule has 2 heterocycles. The number of hydrogen-bond donors (Lipinski definition) is 2. The molecule has 3 aromatic rings. The van der Waals surface area contributed by atoms with Gasteiger partial charge in [0.05, 0.1) is 5.56 Å². The van der Waals surface area contributed by atoms with Gasteiger partial charge in [0, 0.05) is 25.2 Å². The first-order chi connectivity index (χ1) is 14.9. The van der Waals surface area contributed by atoms with E-state index in [1.54, 1.807) is 17.0 Å². The van der Waals surface area contributed by atoms with Gasteiger partial charge in [0.2, 0.25) is 0 Å². The van der Waals surface area contributed by atoms with Gasteiger partial charge in [-0.1, -0.05) is 30.3 Å². The van der Waals surface area contributed by atoms with Crippen LogP contribution in [0.25, 0.3) is 11.4 Å². The van der Waals surface area contributed by atoms with Crippen molar-refractivity contribution < 1.29 is 22.7 Å². The summed E-state index contributed by atoms with van der Waals surface area (Å²) >= 11 is 0.